The highest BCUT2D eigenvalue weighted by Gasteiger charge is 2.27. The van der Waals surface area contributed by atoms with E-state index < -0.39 is 0 Å². The number of nitrogen functional groups attached to an aromatic ring is 1. The Balaban J connectivity index is 1.16. The number of benzene rings is 1. The van der Waals surface area contributed by atoms with Crippen LogP contribution in [0.2, 0.25) is 0 Å². The summed E-state index contributed by atoms with van der Waals surface area (Å²) in [6.07, 6.45) is 7.00. The van der Waals surface area contributed by atoms with Crippen LogP contribution in [0.4, 0.5) is 11.5 Å². The van der Waals surface area contributed by atoms with Crippen molar-refractivity contribution in [3.8, 4) is 17.0 Å². The summed E-state index contributed by atoms with van der Waals surface area (Å²) in [6, 6.07) is 11.3. The van der Waals surface area contributed by atoms with Gasteiger partial charge in [-0.15, -0.1) is 0 Å². The van der Waals surface area contributed by atoms with Crippen LogP contribution < -0.4 is 15.8 Å². The number of rotatable bonds is 7. The summed E-state index contributed by atoms with van der Waals surface area (Å²) in [5, 5.41) is 8.74. The molecule has 1 aromatic carbocycles. The van der Waals surface area contributed by atoms with Gasteiger partial charge in [-0.1, -0.05) is 6.07 Å². The fourth-order valence-corrected chi connectivity index (χ4v) is 6.06. The van der Waals surface area contributed by atoms with Crippen molar-refractivity contribution in [1.82, 2.24) is 44.2 Å². The van der Waals surface area contributed by atoms with E-state index >= 15 is 0 Å². The number of likely N-dealkylation sites (tertiary alicyclic amines) is 1. The van der Waals surface area contributed by atoms with Gasteiger partial charge >= 0.3 is 0 Å². The van der Waals surface area contributed by atoms with E-state index in [4.69, 9.17) is 15.6 Å². The third-order valence-corrected chi connectivity index (χ3v) is 8.33. The number of pyridine rings is 1. The average Bonchev–Trinajstić information content (AvgIpc) is 3.73. The maximum atomic E-state index is 13.3. The Bertz CT molecular complexity index is 2000. The molecule has 0 atom stereocenters. The highest BCUT2D eigenvalue weighted by Crippen LogP contribution is 2.37. The van der Waals surface area contributed by atoms with Gasteiger partial charge in [-0.2, -0.15) is 5.10 Å². The molecule has 0 spiro atoms. The summed E-state index contributed by atoms with van der Waals surface area (Å²) >= 11 is 0. The quantitative estimate of drug-likeness (QED) is 0.249. The number of nitrogens with zero attached hydrogens (tertiary/aromatic N) is 8. The average molecular weight is 592 g/mol. The molecule has 0 unspecified atom stereocenters. The van der Waals surface area contributed by atoms with E-state index in [-0.39, 0.29) is 11.9 Å². The predicted molar refractivity (Wildman–Crippen MR) is 167 cm³/mol. The van der Waals surface area contributed by atoms with Gasteiger partial charge in [0.2, 0.25) is 0 Å². The Kier molecular flexibility index (Phi) is 6.93. The van der Waals surface area contributed by atoms with E-state index in [9.17, 15) is 4.79 Å². The molecule has 1 saturated heterocycles. The molecule has 13 nitrogen and oxygen atoms in total. The molecule has 5 aromatic heterocycles. The number of nitrogens with two attached hydrogens (primary N) is 1. The Morgan fingerprint density at radius 3 is 2.75 bits per heavy atom. The molecule has 0 bridgehead atoms. The van der Waals surface area contributed by atoms with E-state index in [1.54, 1.807) is 19.4 Å². The summed E-state index contributed by atoms with van der Waals surface area (Å²) in [7, 11) is 3.42. The molecule has 0 radical (unpaired) electrons. The monoisotopic (exact) mass is 591 g/mol. The second-order valence-electron chi connectivity index (χ2n) is 11.1. The number of aromatic amines is 1. The molecule has 1 fully saturated rings. The third-order valence-electron chi connectivity index (χ3n) is 8.33. The van der Waals surface area contributed by atoms with Crippen molar-refractivity contribution in [2.45, 2.75) is 32.4 Å². The highest BCUT2D eigenvalue weighted by molar-refractivity contribution is 6.07. The van der Waals surface area contributed by atoms with E-state index in [2.05, 4.69) is 35.1 Å². The maximum absolute atomic E-state index is 13.3. The van der Waals surface area contributed by atoms with E-state index in [0.717, 1.165) is 60.6 Å². The predicted octanol–water partition coefficient (Wildman–Crippen LogP) is 4.09. The summed E-state index contributed by atoms with van der Waals surface area (Å²) in [5.41, 5.74) is 12.3. The number of hydrogen-bond acceptors (Lipinski definition) is 9. The smallest absolute Gasteiger partial charge is 0.272 e. The van der Waals surface area contributed by atoms with Crippen LogP contribution in [-0.2, 0) is 13.6 Å². The molecule has 1 aliphatic rings. The van der Waals surface area contributed by atoms with Crippen LogP contribution in [0, 0.1) is 6.92 Å². The second kappa shape index (κ2) is 11.1. The topological polar surface area (TPSA) is 158 Å². The van der Waals surface area contributed by atoms with Gasteiger partial charge in [-0.05, 0) is 50.1 Å². The number of piperidine rings is 1. The Morgan fingerprint density at radius 1 is 1.16 bits per heavy atom. The van der Waals surface area contributed by atoms with Gasteiger partial charge in [-0.25, -0.2) is 19.6 Å². The fourth-order valence-electron chi connectivity index (χ4n) is 6.06. The number of amides is 1. The van der Waals surface area contributed by atoms with Crippen molar-refractivity contribution in [1.29, 1.82) is 0 Å². The lowest BCUT2D eigenvalue weighted by Gasteiger charge is -2.31. The van der Waals surface area contributed by atoms with Crippen LogP contribution >= 0.6 is 0 Å². The number of carbonyl (C=O) groups excluding carboxylic acids is 1. The number of imidazole rings is 1. The SMILES string of the molecule is COc1cc(-c2nn(C3CCN(Cc4c[nH]c(C)n4)CC3)c3ncnc(N)c23)ccc1NC(=O)c1cc2ncccc2n1C. The van der Waals surface area contributed by atoms with Gasteiger partial charge in [0.25, 0.3) is 5.91 Å². The van der Waals surface area contributed by atoms with E-state index in [0.29, 0.717) is 39.7 Å². The minimum atomic E-state index is -0.266. The zero-order chi connectivity index (χ0) is 30.4. The van der Waals surface area contributed by atoms with Gasteiger partial charge in [0.1, 0.15) is 35.1 Å². The van der Waals surface area contributed by atoms with Crippen LogP contribution in [0.3, 0.4) is 0 Å². The first-order chi connectivity index (χ1) is 21.4. The first kappa shape index (κ1) is 27.5. The molecule has 44 heavy (non-hydrogen) atoms. The van der Waals surface area contributed by atoms with Gasteiger partial charge in [0.05, 0.1) is 41.0 Å². The van der Waals surface area contributed by atoms with Crippen LogP contribution in [0.25, 0.3) is 33.3 Å². The minimum Gasteiger partial charge on any atom is -0.495 e. The number of hydrogen-bond donors (Lipinski definition) is 3. The lowest BCUT2D eigenvalue weighted by atomic mass is 10.0. The molecular formula is C31H33N11O2. The van der Waals surface area contributed by atoms with Crippen LogP contribution in [0.1, 0.15) is 40.9 Å². The van der Waals surface area contributed by atoms with Crippen molar-refractivity contribution in [2.75, 3.05) is 31.2 Å². The zero-order valence-corrected chi connectivity index (χ0v) is 24.8. The molecule has 4 N–H and O–H groups in total. The first-order valence-corrected chi connectivity index (χ1v) is 14.5. The number of aromatic nitrogens is 8. The molecule has 7 rings (SSSR count). The Labute approximate surface area is 253 Å². The molecule has 6 aromatic rings. The summed E-state index contributed by atoms with van der Waals surface area (Å²) in [4.78, 5) is 36.6. The van der Waals surface area contributed by atoms with Crippen molar-refractivity contribution in [3.05, 3.63) is 72.3 Å². The van der Waals surface area contributed by atoms with Gasteiger partial charge in [-0.3, -0.25) is 14.7 Å². The molecule has 0 aliphatic carbocycles. The lowest BCUT2D eigenvalue weighted by molar-refractivity contribution is 0.101. The Hall–Kier alpha value is -5.30. The van der Waals surface area contributed by atoms with Crippen LogP contribution in [-0.4, -0.2) is 70.3 Å². The second-order valence-corrected chi connectivity index (χ2v) is 11.1. The molecule has 1 amide bonds. The van der Waals surface area contributed by atoms with Crippen molar-refractivity contribution in [3.63, 3.8) is 0 Å². The maximum Gasteiger partial charge on any atom is 0.272 e. The number of aryl methyl sites for hydroxylation is 2. The summed E-state index contributed by atoms with van der Waals surface area (Å²) in [5.74, 6) is 1.52. The fraction of sp³-hybridized carbons (Fsp3) is 0.290. The third kappa shape index (κ3) is 4.90. The zero-order valence-electron chi connectivity index (χ0n) is 24.8. The minimum absolute atomic E-state index is 0.161. The number of carbonyl (C=O) groups is 1. The highest BCUT2D eigenvalue weighted by atomic mass is 16.5. The molecule has 13 heteroatoms. The number of fused-ring (bicyclic) bond motifs is 2. The van der Waals surface area contributed by atoms with Gasteiger partial charge < -0.3 is 25.3 Å². The van der Waals surface area contributed by atoms with E-state index in [1.165, 1.54) is 6.33 Å². The van der Waals surface area contributed by atoms with Gasteiger partial charge in [0.15, 0.2) is 5.65 Å². The van der Waals surface area contributed by atoms with Gasteiger partial charge in [0, 0.05) is 44.6 Å². The number of nitrogens with one attached hydrogen (secondary N) is 2. The largest absolute Gasteiger partial charge is 0.495 e. The molecule has 6 heterocycles. The van der Waals surface area contributed by atoms with Crippen molar-refractivity contribution >= 4 is 39.5 Å². The van der Waals surface area contributed by atoms with Crippen molar-refractivity contribution < 1.29 is 9.53 Å². The van der Waals surface area contributed by atoms with E-state index in [1.807, 2.05) is 59.7 Å². The number of methoxy groups -OCH3 is 1. The summed E-state index contributed by atoms with van der Waals surface area (Å²) in [6.45, 7) is 4.62. The lowest BCUT2D eigenvalue weighted by Crippen LogP contribution is -2.34. The van der Waals surface area contributed by atoms with Crippen LogP contribution in [0.15, 0.2) is 55.1 Å². The van der Waals surface area contributed by atoms with Crippen molar-refractivity contribution in [2.24, 2.45) is 7.05 Å². The Morgan fingerprint density at radius 2 is 2.00 bits per heavy atom. The normalized spacial score (nSPS) is 14.4. The van der Waals surface area contributed by atoms with Crippen LogP contribution in [0.5, 0.6) is 5.75 Å². The first-order valence-electron chi connectivity index (χ1n) is 14.5. The molecular weight excluding hydrogens is 558 g/mol. The standard InChI is InChI=1S/C31H33N11O2/c1-18-34-15-20(37-18)16-41-11-8-21(9-12-41)42-30-27(29(32)35-17-36-30)28(39-42)19-6-7-22(26(13-19)44-3)38-31(43)25-14-23-24(40(25)2)5-4-10-33-23/h4-7,10,13-15,17,21H,8-9,11-12,16H2,1-3H3,(H,34,37)(H,38,43)(H2,32,35,36). The number of ether oxygens (including phenoxy) is 1. The molecule has 1 aliphatic heterocycles. The number of anilines is 2. The molecule has 224 valence electrons. The summed E-state index contributed by atoms with van der Waals surface area (Å²) < 4.78 is 9.53. The number of H-pyrrole nitrogens is 1. The molecule has 0 saturated carbocycles.